The molecule has 26 heavy (non-hydrogen) atoms. The number of hydrogen-bond acceptors (Lipinski definition) is 6. The Morgan fingerprint density at radius 3 is 2.58 bits per heavy atom. The molecule has 3 rings (SSSR count). The van der Waals surface area contributed by atoms with Crippen molar-refractivity contribution in [3.8, 4) is 11.4 Å². The van der Waals surface area contributed by atoms with Gasteiger partial charge in [0.15, 0.2) is 3.95 Å². The lowest BCUT2D eigenvalue weighted by Crippen LogP contribution is -2.18. The molecular weight excluding hydrogens is 368 g/mol. The van der Waals surface area contributed by atoms with Crippen LogP contribution in [0.15, 0.2) is 59.7 Å². The van der Waals surface area contributed by atoms with Crippen LogP contribution in [0.1, 0.15) is 15.2 Å². The van der Waals surface area contributed by atoms with Crippen molar-refractivity contribution >= 4 is 41.5 Å². The van der Waals surface area contributed by atoms with Gasteiger partial charge in [-0.1, -0.05) is 29.5 Å². The van der Waals surface area contributed by atoms with Crippen LogP contribution in [0.3, 0.4) is 0 Å². The largest absolute Gasteiger partial charge is 0.497 e. The molecule has 0 aliphatic carbocycles. The number of ether oxygens (including phenoxy) is 1. The lowest BCUT2D eigenvalue weighted by molar-refractivity contribution is 0.0959. The Morgan fingerprint density at radius 2 is 1.92 bits per heavy atom. The Balaban J connectivity index is 1.76. The molecule has 8 heteroatoms. The van der Waals surface area contributed by atoms with E-state index in [4.69, 9.17) is 22.7 Å². The summed E-state index contributed by atoms with van der Waals surface area (Å²) in [7, 11) is 1.60. The van der Waals surface area contributed by atoms with Gasteiger partial charge in [-0.15, -0.1) is 0 Å². The van der Waals surface area contributed by atoms with Crippen molar-refractivity contribution in [1.82, 2.24) is 9.99 Å². The Kier molecular flexibility index (Phi) is 5.45. The highest BCUT2D eigenvalue weighted by Gasteiger charge is 2.17. The Labute approximate surface area is 159 Å². The molecule has 0 aliphatic rings. The molecule has 3 N–H and O–H groups in total. The van der Waals surface area contributed by atoms with E-state index in [1.807, 2.05) is 54.6 Å². The van der Waals surface area contributed by atoms with E-state index in [0.29, 0.717) is 14.6 Å². The summed E-state index contributed by atoms with van der Waals surface area (Å²) in [6.07, 6.45) is 1.54. The average molecular weight is 384 g/mol. The van der Waals surface area contributed by atoms with Crippen LogP contribution in [-0.4, -0.2) is 23.8 Å². The number of hydrazone groups is 1. The maximum atomic E-state index is 12.4. The minimum Gasteiger partial charge on any atom is -0.497 e. The normalized spacial score (nSPS) is 10.8. The molecule has 6 nitrogen and oxygen atoms in total. The first-order chi connectivity index (χ1) is 12.6. The second-order valence-electron chi connectivity index (χ2n) is 5.23. The number of amides is 1. The summed E-state index contributed by atoms with van der Waals surface area (Å²) >= 11 is 6.49. The topological polar surface area (TPSA) is 81.6 Å². The van der Waals surface area contributed by atoms with Crippen LogP contribution in [0.5, 0.6) is 5.75 Å². The molecule has 0 saturated carbocycles. The maximum absolute atomic E-state index is 12.4. The van der Waals surface area contributed by atoms with Gasteiger partial charge in [0, 0.05) is 5.69 Å². The second kappa shape index (κ2) is 7.94. The average Bonchev–Trinajstić information content (AvgIpc) is 2.97. The Hall–Kier alpha value is -2.97. The third-order valence-corrected chi connectivity index (χ3v) is 4.95. The third-order valence-electron chi connectivity index (χ3n) is 3.56. The van der Waals surface area contributed by atoms with Crippen molar-refractivity contribution in [2.75, 3.05) is 12.8 Å². The highest BCUT2D eigenvalue weighted by Crippen LogP contribution is 2.26. The van der Waals surface area contributed by atoms with E-state index < -0.39 is 5.91 Å². The minimum atomic E-state index is -0.405. The first-order valence-corrected chi connectivity index (χ1v) is 8.87. The molecule has 0 bridgehead atoms. The smallest absolute Gasteiger partial charge is 0.285 e. The number of thiazole rings is 1. The van der Waals surface area contributed by atoms with Gasteiger partial charge in [-0.25, -0.2) is 5.43 Å². The fourth-order valence-corrected chi connectivity index (χ4v) is 3.53. The third kappa shape index (κ3) is 3.81. The van der Waals surface area contributed by atoms with E-state index in [9.17, 15) is 4.79 Å². The molecule has 0 saturated heterocycles. The predicted molar refractivity (Wildman–Crippen MR) is 107 cm³/mol. The number of methoxy groups -OCH3 is 1. The van der Waals surface area contributed by atoms with Crippen LogP contribution in [0.4, 0.5) is 5.82 Å². The first kappa shape index (κ1) is 17.8. The van der Waals surface area contributed by atoms with E-state index in [2.05, 4.69) is 10.5 Å². The zero-order valence-corrected chi connectivity index (χ0v) is 15.5. The second-order valence-corrected chi connectivity index (χ2v) is 6.87. The molecule has 0 aliphatic heterocycles. The van der Waals surface area contributed by atoms with E-state index >= 15 is 0 Å². The summed E-state index contributed by atoms with van der Waals surface area (Å²) in [5.74, 6) is 0.641. The summed E-state index contributed by atoms with van der Waals surface area (Å²) in [6, 6.07) is 16.7. The number of nitrogen functional groups attached to an aromatic ring is 1. The van der Waals surface area contributed by atoms with Crippen LogP contribution in [-0.2, 0) is 0 Å². The van der Waals surface area contributed by atoms with Crippen LogP contribution >= 0.6 is 23.6 Å². The number of nitrogens with two attached hydrogens (primary N) is 1. The molecule has 0 atom stereocenters. The molecule has 3 aromatic rings. The summed E-state index contributed by atoms with van der Waals surface area (Å²) in [6.45, 7) is 0. The van der Waals surface area contributed by atoms with Gasteiger partial charge in [-0.2, -0.15) is 5.10 Å². The molecule has 1 amide bonds. The van der Waals surface area contributed by atoms with Gasteiger partial charge in [0.05, 0.1) is 13.3 Å². The molecule has 1 aromatic heterocycles. The van der Waals surface area contributed by atoms with Gasteiger partial charge in [0.25, 0.3) is 5.91 Å². The van der Waals surface area contributed by atoms with Gasteiger partial charge in [0.2, 0.25) is 0 Å². The number of anilines is 1. The quantitative estimate of drug-likeness (QED) is 0.400. The van der Waals surface area contributed by atoms with Gasteiger partial charge in [-0.05, 0) is 54.2 Å². The number of para-hydroxylation sites is 1. The molecule has 1 heterocycles. The number of rotatable bonds is 5. The number of carbonyl (C=O) groups excluding carboxylic acids is 1. The van der Waals surface area contributed by atoms with Gasteiger partial charge >= 0.3 is 0 Å². The van der Waals surface area contributed by atoms with Crippen molar-refractivity contribution < 1.29 is 9.53 Å². The van der Waals surface area contributed by atoms with Gasteiger partial charge < -0.3 is 10.5 Å². The zero-order valence-electron chi connectivity index (χ0n) is 13.9. The number of hydrogen-bond donors (Lipinski definition) is 2. The monoisotopic (exact) mass is 384 g/mol. The van der Waals surface area contributed by atoms with Crippen molar-refractivity contribution in [1.29, 1.82) is 0 Å². The molecule has 2 aromatic carbocycles. The highest BCUT2D eigenvalue weighted by atomic mass is 32.1. The van der Waals surface area contributed by atoms with E-state index in [1.54, 1.807) is 17.9 Å². The van der Waals surface area contributed by atoms with Gasteiger partial charge in [-0.3, -0.25) is 9.36 Å². The number of nitrogens with one attached hydrogen (secondary N) is 1. The van der Waals surface area contributed by atoms with Crippen LogP contribution < -0.4 is 15.9 Å². The number of aromatic nitrogens is 1. The number of nitrogens with zero attached hydrogens (tertiary/aromatic N) is 2. The van der Waals surface area contributed by atoms with Gasteiger partial charge in [0.1, 0.15) is 16.4 Å². The van der Waals surface area contributed by atoms with Crippen molar-refractivity contribution in [3.63, 3.8) is 0 Å². The minimum absolute atomic E-state index is 0.295. The molecule has 0 radical (unpaired) electrons. The van der Waals surface area contributed by atoms with Crippen LogP contribution in [0, 0.1) is 3.95 Å². The van der Waals surface area contributed by atoms with E-state index in [0.717, 1.165) is 28.3 Å². The Bertz CT molecular complexity index is 992. The van der Waals surface area contributed by atoms with Crippen LogP contribution in [0.2, 0.25) is 0 Å². The molecule has 0 fully saturated rings. The standard InChI is InChI=1S/C18H16N4O2S2/c1-24-14-9-7-12(8-10-14)11-20-21-17(23)15-16(19)22(18(25)26-15)13-5-3-2-4-6-13/h2-11H,19H2,1H3,(H,21,23)/b20-11-. The van der Waals surface area contributed by atoms with Crippen molar-refractivity contribution in [2.45, 2.75) is 0 Å². The fraction of sp³-hybridized carbons (Fsp3) is 0.0556. The molecule has 0 unspecified atom stereocenters. The maximum Gasteiger partial charge on any atom is 0.285 e. The van der Waals surface area contributed by atoms with Crippen molar-refractivity contribution in [3.05, 3.63) is 69.0 Å². The summed E-state index contributed by atoms with van der Waals surface area (Å²) in [4.78, 5) is 12.7. The molecule has 0 spiro atoms. The SMILES string of the molecule is COc1ccc(/C=N\NC(=O)c2sc(=S)n(-c3ccccc3)c2N)cc1. The first-order valence-electron chi connectivity index (χ1n) is 7.64. The van der Waals surface area contributed by atoms with E-state index in [1.165, 1.54) is 0 Å². The zero-order chi connectivity index (χ0) is 18.5. The Morgan fingerprint density at radius 1 is 1.23 bits per heavy atom. The number of benzene rings is 2. The summed E-state index contributed by atoms with van der Waals surface area (Å²) in [5.41, 5.74) is 10.3. The van der Waals surface area contributed by atoms with Crippen LogP contribution in [0.25, 0.3) is 5.69 Å². The number of carbonyl (C=O) groups is 1. The fourth-order valence-electron chi connectivity index (χ4n) is 2.28. The molecular formula is C18H16N4O2S2. The summed E-state index contributed by atoms with van der Waals surface area (Å²) in [5, 5.41) is 3.97. The highest BCUT2D eigenvalue weighted by molar-refractivity contribution is 7.73. The van der Waals surface area contributed by atoms with Crippen molar-refractivity contribution in [2.24, 2.45) is 5.10 Å². The lowest BCUT2D eigenvalue weighted by atomic mass is 10.2. The molecule has 132 valence electrons. The summed E-state index contributed by atoms with van der Waals surface area (Å²) < 4.78 is 7.26. The van der Waals surface area contributed by atoms with E-state index in [-0.39, 0.29) is 0 Å². The lowest BCUT2D eigenvalue weighted by Gasteiger charge is -2.05. The predicted octanol–water partition coefficient (Wildman–Crippen LogP) is 3.62.